The molecule has 1 unspecified atom stereocenters. The number of unbranched alkanes of at least 4 members (excludes halogenated alkanes) is 12. The van der Waals surface area contributed by atoms with Gasteiger partial charge in [0, 0.05) is 58.8 Å². The second kappa shape index (κ2) is 42.5. The number of likely N-dealkylation sites (N-methyl/N-ethyl adjacent to an activating group) is 1. The number of ether oxygens (including phenoxy) is 5. The number of nitrogens with zero attached hydrogens (tertiary/aromatic N) is 2. The van der Waals surface area contributed by atoms with Gasteiger partial charge in [0.1, 0.15) is 19.8 Å². The Morgan fingerprint density at radius 3 is 1.49 bits per heavy atom. The highest BCUT2D eigenvalue weighted by atomic mass is 16.7. The van der Waals surface area contributed by atoms with Crippen LogP contribution in [0.3, 0.4) is 0 Å². The summed E-state index contributed by atoms with van der Waals surface area (Å²) in [5, 5.41) is 0. The number of allylic oxidation sites excluding steroid dienone is 8. The molecule has 10 nitrogen and oxygen atoms in total. The second-order valence-corrected chi connectivity index (χ2v) is 16.4. The summed E-state index contributed by atoms with van der Waals surface area (Å²) in [6.45, 7) is 15.4. The quantitative estimate of drug-likeness (QED) is 0.0194. The number of carbonyl (C=O) groups is 3. The van der Waals surface area contributed by atoms with Crippen molar-refractivity contribution in [3.63, 3.8) is 0 Å². The first-order chi connectivity index (χ1) is 29.9. The SMILES string of the molecule is CC/C=C\CCCCOC(CCC(=O)OCC(COC(=O)CCCCCCC/C=C\C/C=C\CCCCC)COC(=O)CCN1CCN(CC)CC1)OCCCC/C=C\CC. The van der Waals surface area contributed by atoms with E-state index < -0.39 is 12.2 Å². The van der Waals surface area contributed by atoms with Crippen molar-refractivity contribution in [2.45, 2.75) is 182 Å². The molecule has 0 bridgehead atoms. The van der Waals surface area contributed by atoms with Crippen LogP contribution in [0.5, 0.6) is 0 Å². The molecule has 0 amide bonds. The minimum absolute atomic E-state index is 0.00893. The minimum Gasteiger partial charge on any atom is -0.465 e. The van der Waals surface area contributed by atoms with Crippen LogP contribution in [0.1, 0.15) is 175 Å². The van der Waals surface area contributed by atoms with Gasteiger partial charge in [-0.25, -0.2) is 0 Å². The van der Waals surface area contributed by atoms with E-state index in [9.17, 15) is 14.4 Å². The molecule has 0 radical (unpaired) electrons. The van der Waals surface area contributed by atoms with E-state index in [-0.39, 0.29) is 50.6 Å². The van der Waals surface area contributed by atoms with Crippen LogP contribution in [0.4, 0.5) is 0 Å². The molecule has 61 heavy (non-hydrogen) atoms. The van der Waals surface area contributed by atoms with Crippen LogP contribution in [0, 0.1) is 5.92 Å². The van der Waals surface area contributed by atoms with Gasteiger partial charge in [0.05, 0.1) is 18.8 Å². The molecule has 10 heteroatoms. The Hall–Kier alpha value is -2.79. The predicted molar refractivity (Wildman–Crippen MR) is 250 cm³/mol. The van der Waals surface area contributed by atoms with Crippen molar-refractivity contribution in [1.29, 1.82) is 0 Å². The van der Waals surface area contributed by atoms with Crippen molar-refractivity contribution in [2.24, 2.45) is 5.92 Å². The van der Waals surface area contributed by atoms with E-state index in [1.165, 1.54) is 25.7 Å². The van der Waals surface area contributed by atoms with Crippen LogP contribution in [-0.2, 0) is 38.1 Å². The van der Waals surface area contributed by atoms with Crippen molar-refractivity contribution < 1.29 is 38.1 Å². The maximum atomic E-state index is 13.0. The lowest BCUT2D eigenvalue weighted by molar-refractivity contribution is -0.162. The largest absolute Gasteiger partial charge is 0.465 e. The topological polar surface area (TPSA) is 104 Å². The predicted octanol–water partition coefficient (Wildman–Crippen LogP) is 11.5. The highest BCUT2D eigenvalue weighted by molar-refractivity contribution is 5.70. The number of carbonyl (C=O) groups excluding carboxylic acids is 3. The summed E-state index contributed by atoms with van der Waals surface area (Å²) in [6, 6.07) is 0. The number of rotatable bonds is 41. The lowest BCUT2D eigenvalue weighted by Gasteiger charge is -2.33. The summed E-state index contributed by atoms with van der Waals surface area (Å²) in [5.41, 5.74) is 0. The molecule has 1 heterocycles. The van der Waals surface area contributed by atoms with E-state index in [4.69, 9.17) is 23.7 Å². The molecule has 352 valence electrons. The van der Waals surface area contributed by atoms with Crippen LogP contribution < -0.4 is 0 Å². The van der Waals surface area contributed by atoms with E-state index in [2.05, 4.69) is 86.1 Å². The molecular weight excluding hydrogens is 769 g/mol. The highest BCUT2D eigenvalue weighted by Gasteiger charge is 2.21. The average molecular weight is 859 g/mol. The van der Waals surface area contributed by atoms with Crippen LogP contribution in [-0.4, -0.2) is 106 Å². The van der Waals surface area contributed by atoms with Gasteiger partial charge in [0.25, 0.3) is 0 Å². The third kappa shape index (κ3) is 36.4. The van der Waals surface area contributed by atoms with Crippen molar-refractivity contribution >= 4 is 17.9 Å². The van der Waals surface area contributed by atoms with Gasteiger partial charge >= 0.3 is 17.9 Å². The summed E-state index contributed by atoms with van der Waals surface area (Å²) < 4.78 is 29.1. The first-order valence-electron chi connectivity index (χ1n) is 24.7. The van der Waals surface area contributed by atoms with Gasteiger partial charge < -0.3 is 33.5 Å². The Labute approximate surface area is 373 Å². The van der Waals surface area contributed by atoms with Gasteiger partial charge in [0.2, 0.25) is 0 Å². The molecule has 1 atom stereocenters. The number of esters is 3. The smallest absolute Gasteiger partial charge is 0.307 e. The summed E-state index contributed by atoms with van der Waals surface area (Å²) in [6.07, 6.45) is 38.9. The zero-order valence-electron chi connectivity index (χ0n) is 39.5. The number of piperazine rings is 1. The van der Waals surface area contributed by atoms with Crippen molar-refractivity contribution in [3.8, 4) is 0 Å². The van der Waals surface area contributed by atoms with Crippen molar-refractivity contribution in [2.75, 3.05) is 72.3 Å². The van der Waals surface area contributed by atoms with E-state index in [0.29, 0.717) is 32.6 Å². The van der Waals surface area contributed by atoms with Crippen LogP contribution >= 0.6 is 0 Å². The number of hydrogen-bond donors (Lipinski definition) is 0. The molecule has 1 aliphatic rings. The Bertz CT molecular complexity index is 1140. The molecule has 0 N–H and O–H groups in total. The van der Waals surface area contributed by atoms with E-state index in [0.717, 1.165) is 129 Å². The third-order valence-electron chi connectivity index (χ3n) is 10.8. The van der Waals surface area contributed by atoms with Gasteiger partial charge in [-0.15, -0.1) is 0 Å². The molecular formula is C51H90N2O8. The summed E-state index contributed by atoms with van der Waals surface area (Å²) in [5.74, 6) is -1.42. The molecule has 1 fully saturated rings. The Morgan fingerprint density at radius 2 is 0.951 bits per heavy atom. The standard InChI is InChI=1S/C51H90N2O8/c1-5-9-12-15-18-19-20-21-22-23-24-25-26-27-30-33-48(54)59-44-47(46-61-50(56)36-37-53-40-38-52(8-4)39-41-53)45-60-49(55)34-35-51(57-42-31-28-16-13-10-6-2)58-43-32-29-17-14-11-7-3/h10-11,13-14,18-19,21-22,47,51H,5-9,12,15-17,20,23-46H2,1-4H3/b13-10-,14-11-,19-18-,22-21-. The lowest BCUT2D eigenvalue weighted by atomic mass is 10.1. The van der Waals surface area contributed by atoms with Crippen LogP contribution in [0.25, 0.3) is 0 Å². The van der Waals surface area contributed by atoms with E-state index in [1.54, 1.807) is 0 Å². The van der Waals surface area contributed by atoms with Gasteiger partial charge in [-0.1, -0.05) is 108 Å². The Kier molecular flexibility index (Phi) is 39.2. The monoisotopic (exact) mass is 859 g/mol. The maximum absolute atomic E-state index is 13.0. The fourth-order valence-electron chi connectivity index (χ4n) is 6.83. The fraction of sp³-hybridized carbons (Fsp3) is 0.784. The van der Waals surface area contributed by atoms with Crippen LogP contribution in [0.15, 0.2) is 48.6 Å². The van der Waals surface area contributed by atoms with E-state index in [1.807, 2.05) is 0 Å². The average Bonchev–Trinajstić information content (AvgIpc) is 3.27. The molecule has 1 aliphatic heterocycles. The molecule has 0 spiro atoms. The zero-order valence-corrected chi connectivity index (χ0v) is 39.5. The molecule has 0 aliphatic carbocycles. The third-order valence-corrected chi connectivity index (χ3v) is 10.8. The fourth-order valence-corrected chi connectivity index (χ4v) is 6.83. The molecule has 0 aromatic rings. The molecule has 0 aromatic heterocycles. The Morgan fingerprint density at radius 1 is 0.492 bits per heavy atom. The molecule has 0 saturated carbocycles. The lowest BCUT2D eigenvalue weighted by Crippen LogP contribution is -2.46. The summed E-state index contributed by atoms with van der Waals surface area (Å²) >= 11 is 0. The maximum Gasteiger partial charge on any atom is 0.307 e. The van der Waals surface area contributed by atoms with Crippen LogP contribution in [0.2, 0.25) is 0 Å². The van der Waals surface area contributed by atoms with E-state index >= 15 is 0 Å². The zero-order chi connectivity index (χ0) is 44.3. The summed E-state index contributed by atoms with van der Waals surface area (Å²) in [7, 11) is 0. The van der Waals surface area contributed by atoms with Gasteiger partial charge in [0.15, 0.2) is 6.29 Å². The van der Waals surface area contributed by atoms with Gasteiger partial charge in [-0.05, 0) is 96.4 Å². The first kappa shape index (κ1) is 56.2. The molecule has 1 saturated heterocycles. The second-order valence-electron chi connectivity index (χ2n) is 16.4. The molecule has 0 aromatic carbocycles. The van der Waals surface area contributed by atoms with Gasteiger partial charge in [-0.3, -0.25) is 14.4 Å². The first-order valence-corrected chi connectivity index (χ1v) is 24.7. The van der Waals surface area contributed by atoms with Crippen molar-refractivity contribution in [1.82, 2.24) is 9.80 Å². The summed E-state index contributed by atoms with van der Waals surface area (Å²) in [4.78, 5) is 43.2. The minimum atomic E-state index is -0.484. The number of hydrogen-bond acceptors (Lipinski definition) is 10. The Balaban J connectivity index is 2.55. The molecule has 1 rings (SSSR count). The normalized spacial score (nSPS) is 14.6. The van der Waals surface area contributed by atoms with Gasteiger partial charge in [-0.2, -0.15) is 0 Å². The highest BCUT2D eigenvalue weighted by Crippen LogP contribution is 2.13. The van der Waals surface area contributed by atoms with Crippen molar-refractivity contribution in [3.05, 3.63) is 48.6 Å².